The molecule has 1 heterocycles. The van der Waals surface area contributed by atoms with Gasteiger partial charge in [-0.25, -0.2) is 4.79 Å². The van der Waals surface area contributed by atoms with Crippen molar-refractivity contribution in [2.75, 3.05) is 0 Å². The topological polar surface area (TPSA) is 76.2 Å². The summed E-state index contributed by atoms with van der Waals surface area (Å²) in [7, 11) is 0. The zero-order valence-corrected chi connectivity index (χ0v) is 13.8. The lowest BCUT2D eigenvalue weighted by molar-refractivity contribution is 0.0697. The fourth-order valence-corrected chi connectivity index (χ4v) is 2.33. The molecule has 0 bridgehead atoms. The molecule has 1 N–H and O–H groups in total. The fraction of sp³-hybridized carbons (Fsp3) is 0.211. The normalized spacial score (nSPS) is 11.5. The van der Waals surface area contributed by atoms with Gasteiger partial charge in [-0.1, -0.05) is 50.2 Å². The van der Waals surface area contributed by atoms with Crippen molar-refractivity contribution in [2.24, 2.45) is 0 Å². The summed E-state index contributed by atoms with van der Waals surface area (Å²) < 4.78 is 5.33. The molecule has 3 aromatic rings. The minimum absolute atomic E-state index is 0.0877. The van der Waals surface area contributed by atoms with Gasteiger partial charge in [-0.15, -0.1) is 0 Å². The maximum Gasteiger partial charge on any atom is 0.335 e. The summed E-state index contributed by atoms with van der Waals surface area (Å²) in [6.45, 7) is 6.48. The molecule has 0 saturated carbocycles. The van der Waals surface area contributed by atoms with E-state index in [4.69, 9.17) is 9.63 Å². The van der Waals surface area contributed by atoms with E-state index in [2.05, 4.69) is 43.0 Å². The Labute approximate surface area is 140 Å². The van der Waals surface area contributed by atoms with E-state index in [1.54, 1.807) is 12.1 Å². The standard InChI is InChI=1S/C19H18N2O3/c1-19(2,3)15-10-8-13(9-11-15)17-20-16(21-24-17)12-4-6-14(7-5-12)18(22)23/h4-11H,1-3H3,(H,22,23). The second-order valence-electron chi connectivity index (χ2n) is 6.63. The molecule has 5 nitrogen and oxygen atoms in total. The summed E-state index contributed by atoms with van der Waals surface area (Å²) >= 11 is 0. The Morgan fingerprint density at radius 2 is 1.54 bits per heavy atom. The smallest absolute Gasteiger partial charge is 0.335 e. The highest BCUT2D eigenvalue weighted by Gasteiger charge is 2.15. The Morgan fingerprint density at radius 1 is 0.958 bits per heavy atom. The molecule has 0 atom stereocenters. The number of carboxylic acid groups (broad SMARTS) is 1. The van der Waals surface area contributed by atoms with E-state index >= 15 is 0 Å². The van der Waals surface area contributed by atoms with Crippen LogP contribution in [0.5, 0.6) is 0 Å². The molecule has 0 aliphatic rings. The van der Waals surface area contributed by atoms with Crippen LogP contribution in [-0.2, 0) is 5.41 Å². The van der Waals surface area contributed by atoms with Gasteiger partial charge in [-0.05, 0) is 35.2 Å². The van der Waals surface area contributed by atoms with Gasteiger partial charge in [0.1, 0.15) is 0 Å². The highest BCUT2D eigenvalue weighted by atomic mass is 16.5. The number of hydrogen-bond acceptors (Lipinski definition) is 4. The van der Waals surface area contributed by atoms with Gasteiger partial charge < -0.3 is 9.63 Å². The molecule has 0 amide bonds. The molecule has 3 rings (SSSR count). The predicted octanol–water partition coefficient (Wildman–Crippen LogP) is 4.40. The van der Waals surface area contributed by atoms with E-state index in [1.165, 1.54) is 17.7 Å². The number of nitrogens with zero attached hydrogens (tertiary/aromatic N) is 2. The number of aromatic carboxylic acids is 1. The van der Waals surface area contributed by atoms with Crippen LogP contribution in [0.1, 0.15) is 36.7 Å². The zero-order chi connectivity index (χ0) is 17.3. The average Bonchev–Trinajstić information content (AvgIpc) is 3.04. The Balaban J connectivity index is 1.86. The van der Waals surface area contributed by atoms with Crippen molar-refractivity contribution in [1.82, 2.24) is 10.1 Å². The Hall–Kier alpha value is -2.95. The van der Waals surface area contributed by atoms with Crippen LogP contribution in [0, 0.1) is 0 Å². The number of aromatic nitrogens is 2. The van der Waals surface area contributed by atoms with Gasteiger partial charge in [-0.2, -0.15) is 4.98 Å². The zero-order valence-electron chi connectivity index (χ0n) is 13.8. The summed E-state index contributed by atoms with van der Waals surface area (Å²) in [4.78, 5) is 15.3. The number of rotatable bonds is 3. The first-order chi connectivity index (χ1) is 11.3. The molecule has 0 aliphatic carbocycles. The molecule has 0 spiro atoms. The number of carboxylic acids is 1. The van der Waals surface area contributed by atoms with Crippen LogP contribution in [0.25, 0.3) is 22.8 Å². The molecule has 0 fully saturated rings. The lowest BCUT2D eigenvalue weighted by Gasteiger charge is -2.18. The molecule has 0 radical (unpaired) electrons. The van der Waals surface area contributed by atoms with Gasteiger partial charge in [0.05, 0.1) is 5.56 Å². The third kappa shape index (κ3) is 3.20. The van der Waals surface area contributed by atoms with Crippen LogP contribution in [-0.4, -0.2) is 21.2 Å². The van der Waals surface area contributed by atoms with Crippen molar-refractivity contribution in [3.8, 4) is 22.8 Å². The highest BCUT2D eigenvalue weighted by Crippen LogP contribution is 2.26. The Bertz CT molecular complexity index is 857. The summed E-state index contributed by atoms with van der Waals surface area (Å²) in [5.74, 6) is -0.0936. The summed E-state index contributed by atoms with van der Waals surface area (Å²) in [6, 6.07) is 14.4. The van der Waals surface area contributed by atoms with Gasteiger partial charge in [0.2, 0.25) is 5.82 Å². The van der Waals surface area contributed by atoms with Gasteiger partial charge >= 0.3 is 5.97 Å². The fourth-order valence-electron chi connectivity index (χ4n) is 2.33. The SMILES string of the molecule is CC(C)(C)c1ccc(-c2nc(-c3ccc(C(=O)O)cc3)no2)cc1. The molecular weight excluding hydrogens is 304 g/mol. The molecular formula is C19H18N2O3. The van der Waals surface area contributed by atoms with Gasteiger partial charge in [0, 0.05) is 11.1 Å². The molecule has 1 aromatic heterocycles. The first-order valence-corrected chi connectivity index (χ1v) is 7.63. The summed E-state index contributed by atoms with van der Waals surface area (Å²) in [5.41, 5.74) is 3.10. The Morgan fingerprint density at radius 3 is 2.08 bits per heavy atom. The van der Waals surface area contributed by atoms with E-state index in [0.717, 1.165) is 5.56 Å². The van der Waals surface area contributed by atoms with Crippen molar-refractivity contribution in [1.29, 1.82) is 0 Å². The van der Waals surface area contributed by atoms with E-state index in [-0.39, 0.29) is 11.0 Å². The first-order valence-electron chi connectivity index (χ1n) is 7.63. The maximum absolute atomic E-state index is 10.9. The Kier molecular flexibility index (Phi) is 3.93. The number of hydrogen-bond donors (Lipinski definition) is 1. The molecule has 24 heavy (non-hydrogen) atoms. The van der Waals surface area contributed by atoms with Crippen LogP contribution in [0.15, 0.2) is 53.1 Å². The number of carbonyl (C=O) groups is 1. The molecule has 0 aliphatic heterocycles. The lowest BCUT2D eigenvalue weighted by atomic mass is 9.87. The largest absolute Gasteiger partial charge is 0.478 e. The molecule has 122 valence electrons. The minimum atomic E-state index is -0.964. The highest BCUT2D eigenvalue weighted by molar-refractivity contribution is 5.88. The minimum Gasteiger partial charge on any atom is -0.478 e. The van der Waals surface area contributed by atoms with Gasteiger partial charge in [0.15, 0.2) is 0 Å². The quantitative estimate of drug-likeness (QED) is 0.773. The van der Waals surface area contributed by atoms with Crippen LogP contribution in [0.3, 0.4) is 0 Å². The van der Waals surface area contributed by atoms with Crippen molar-refractivity contribution in [3.05, 3.63) is 59.7 Å². The van der Waals surface area contributed by atoms with Gasteiger partial charge in [0.25, 0.3) is 5.89 Å². The van der Waals surface area contributed by atoms with Crippen molar-refractivity contribution in [3.63, 3.8) is 0 Å². The van der Waals surface area contributed by atoms with E-state index in [0.29, 0.717) is 17.3 Å². The third-order valence-electron chi connectivity index (χ3n) is 3.81. The van der Waals surface area contributed by atoms with Crippen molar-refractivity contribution in [2.45, 2.75) is 26.2 Å². The van der Waals surface area contributed by atoms with E-state index in [9.17, 15) is 4.79 Å². The van der Waals surface area contributed by atoms with Crippen LogP contribution in [0.2, 0.25) is 0 Å². The molecule has 5 heteroatoms. The van der Waals surface area contributed by atoms with Crippen LogP contribution >= 0.6 is 0 Å². The van der Waals surface area contributed by atoms with Crippen LogP contribution in [0.4, 0.5) is 0 Å². The first kappa shape index (κ1) is 15.9. The molecule has 2 aromatic carbocycles. The monoisotopic (exact) mass is 322 g/mol. The lowest BCUT2D eigenvalue weighted by Crippen LogP contribution is -2.10. The third-order valence-corrected chi connectivity index (χ3v) is 3.81. The predicted molar refractivity (Wildman–Crippen MR) is 90.8 cm³/mol. The van der Waals surface area contributed by atoms with Gasteiger partial charge in [-0.3, -0.25) is 0 Å². The van der Waals surface area contributed by atoms with E-state index in [1.807, 2.05) is 12.1 Å². The molecule has 0 saturated heterocycles. The average molecular weight is 322 g/mol. The summed E-state index contributed by atoms with van der Waals surface area (Å²) in [5, 5.41) is 12.9. The van der Waals surface area contributed by atoms with E-state index < -0.39 is 5.97 Å². The second kappa shape index (κ2) is 5.92. The maximum atomic E-state index is 10.9. The van der Waals surface area contributed by atoms with Crippen molar-refractivity contribution < 1.29 is 14.4 Å². The summed E-state index contributed by atoms with van der Waals surface area (Å²) in [6.07, 6.45) is 0. The second-order valence-corrected chi connectivity index (χ2v) is 6.63. The number of benzene rings is 2. The van der Waals surface area contributed by atoms with Crippen molar-refractivity contribution >= 4 is 5.97 Å². The van der Waals surface area contributed by atoms with Crippen LogP contribution < -0.4 is 0 Å². The molecule has 0 unspecified atom stereocenters.